The lowest BCUT2D eigenvalue weighted by atomic mass is 10.1. The second-order valence-corrected chi connectivity index (χ2v) is 7.82. The fraction of sp³-hybridized carbons (Fsp3) is 0.167. The summed E-state index contributed by atoms with van der Waals surface area (Å²) in [6, 6.07) is 15.5. The van der Waals surface area contributed by atoms with Gasteiger partial charge in [-0.25, -0.2) is 23.8 Å². The van der Waals surface area contributed by atoms with Crippen LogP contribution in [0.3, 0.4) is 0 Å². The number of nitrogens with zero attached hydrogens (tertiary/aromatic N) is 5. The Morgan fingerprint density at radius 3 is 2.32 bits per heavy atom. The van der Waals surface area contributed by atoms with E-state index in [0.717, 1.165) is 17.7 Å². The molecule has 172 valence electrons. The molecule has 0 bridgehead atoms. The first-order valence-electron chi connectivity index (χ1n) is 10.4. The Labute approximate surface area is 191 Å². The van der Waals surface area contributed by atoms with E-state index in [2.05, 4.69) is 15.1 Å². The molecule has 5 rings (SSSR count). The summed E-state index contributed by atoms with van der Waals surface area (Å²) in [5.41, 5.74) is 1.36. The highest BCUT2D eigenvalue weighted by Crippen LogP contribution is 2.30. The summed E-state index contributed by atoms with van der Waals surface area (Å²) >= 11 is 0. The molecule has 5 aromatic rings. The number of rotatable bonds is 4. The van der Waals surface area contributed by atoms with E-state index in [1.807, 2.05) is 30.3 Å². The van der Waals surface area contributed by atoms with Gasteiger partial charge in [0.15, 0.2) is 5.65 Å². The topological polar surface area (TPSA) is 78.2 Å². The fourth-order valence-corrected chi connectivity index (χ4v) is 3.68. The average molecular weight is 465 g/mol. The first-order chi connectivity index (χ1) is 16.2. The number of aromatic nitrogens is 5. The van der Waals surface area contributed by atoms with Crippen molar-refractivity contribution in [3.63, 3.8) is 0 Å². The van der Waals surface area contributed by atoms with Crippen LogP contribution in [0.1, 0.15) is 22.7 Å². The lowest BCUT2D eigenvalue weighted by molar-refractivity contribution is -0.137. The van der Waals surface area contributed by atoms with Crippen LogP contribution >= 0.6 is 0 Å². The highest BCUT2D eigenvalue weighted by molar-refractivity contribution is 5.60. The molecule has 7 nitrogen and oxygen atoms in total. The molecule has 0 atom stereocenters. The van der Waals surface area contributed by atoms with Gasteiger partial charge in [0.2, 0.25) is 5.89 Å². The van der Waals surface area contributed by atoms with E-state index in [1.165, 1.54) is 21.2 Å². The lowest BCUT2D eigenvalue weighted by Gasteiger charge is -2.08. The van der Waals surface area contributed by atoms with E-state index in [9.17, 15) is 18.0 Å². The third-order valence-electron chi connectivity index (χ3n) is 5.38. The summed E-state index contributed by atoms with van der Waals surface area (Å²) in [6.45, 7) is 3.55. The maximum Gasteiger partial charge on any atom is 0.416 e. The molecule has 0 spiro atoms. The van der Waals surface area contributed by atoms with E-state index in [4.69, 9.17) is 4.42 Å². The molecule has 34 heavy (non-hydrogen) atoms. The van der Waals surface area contributed by atoms with E-state index in [-0.39, 0.29) is 12.4 Å². The Balaban J connectivity index is 1.56. The van der Waals surface area contributed by atoms with Crippen LogP contribution in [0.4, 0.5) is 13.2 Å². The molecule has 0 N–H and O–H groups in total. The van der Waals surface area contributed by atoms with Crippen molar-refractivity contribution in [2.75, 3.05) is 0 Å². The molecule has 0 saturated carbocycles. The Kier molecular flexibility index (Phi) is 5.07. The van der Waals surface area contributed by atoms with Crippen molar-refractivity contribution in [3.05, 3.63) is 93.9 Å². The van der Waals surface area contributed by atoms with E-state index < -0.39 is 17.4 Å². The molecule has 0 unspecified atom stereocenters. The van der Waals surface area contributed by atoms with E-state index >= 15 is 0 Å². The number of hydrogen-bond acceptors (Lipinski definition) is 5. The maximum atomic E-state index is 13.2. The van der Waals surface area contributed by atoms with E-state index in [0.29, 0.717) is 34.2 Å². The Morgan fingerprint density at radius 2 is 1.65 bits per heavy atom. The first-order valence-corrected chi connectivity index (χ1v) is 10.4. The van der Waals surface area contributed by atoms with Crippen LogP contribution in [0.5, 0.6) is 0 Å². The number of aryl methyl sites for hydroxylation is 2. The predicted octanol–water partition coefficient (Wildman–Crippen LogP) is 4.90. The number of alkyl halides is 3. The van der Waals surface area contributed by atoms with Gasteiger partial charge in [0.25, 0.3) is 0 Å². The molecule has 10 heteroatoms. The predicted molar refractivity (Wildman–Crippen MR) is 118 cm³/mol. The van der Waals surface area contributed by atoms with Crippen LogP contribution in [-0.4, -0.2) is 24.1 Å². The third kappa shape index (κ3) is 3.87. The molecular weight excluding hydrogens is 447 g/mol. The monoisotopic (exact) mass is 465 g/mol. The number of oxazole rings is 1. The van der Waals surface area contributed by atoms with Crippen LogP contribution in [0, 0.1) is 13.8 Å². The number of benzene rings is 2. The molecule has 2 aromatic carbocycles. The minimum atomic E-state index is -4.45. The van der Waals surface area contributed by atoms with Gasteiger partial charge in [0.05, 0.1) is 12.1 Å². The Morgan fingerprint density at radius 1 is 0.941 bits per heavy atom. The zero-order valence-corrected chi connectivity index (χ0v) is 18.2. The van der Waals surface area contributed by atoms with Crippen LogP contribution in [0.15, 0.2) is 69.9 Å². The zero-order chi connectivity index (χ0) is 24.0. The van der Waals surface area contributed by atoms with Crippen LogP contribution in [0.2, 0.25) is 0 Å². The summed E-state index contributed by atoms with van der Waals surface area (Å²) < 4.78 is 47.2. The molecule has 0 radical (unpaired) electrons. The minimum Gasteiger partial charge on any atom is -0.441 e. The quantitative estimate of drug-likeness (QED) is 0.377. The van der Waals surface area contributed by atoms with Gasteiger partial charge < -0.3 is 4.42 Å². The van der Waals surface area contributed by atoms with Crippen LogP contribution < -0.4 is 5.69 Å². The smallest absolute Gasteiger partial charge is 0.416 e. The molecule has 0 fully saturated rings. The Hall–Kier alpha value is -4.21. The molecule has 3 aromatic heterocycles. The number of hydrogen-bond donors (Lipinski definition) is 0. The highest BCUT2D eigenvalue weighted by Gasteiger charge is 2.30. The van der Waals surface area contributed by atoms with Gasteiger partial charge in [-0.2, -0.15) is 13.2 Å². The van der Waals surface area contributed by atoms with Crippen molar-refractivity contribution in [1.82, 2.24) is 24.1 Å². The van der Waals surface area contributed by atoms with Crippen molar-refractivity contribution in [1.29, 1.82) is 0 Å². The van der Waals surface area contributed by atoms with Crippen LogP contribution in [-0.2, 0) is 12.7 Å². The minimum absolute atomic E-state index is 0.0637. The molecule has 0 aliphatic carbocycles. The van der Waals surface area contributed by atoms with Gasteiger partial charge in [-0.1, -0.05) is 30.3 Å². The second kappa shape index (κ2) is 7.98. The SMILES string of the molecule is Cc1cc2nn(Cc3nc(-c4ccccc4)oc3C)c(=O)n2c(-c2ccc(C(F)(F)F)cc2)n1. The highest BCUT2D eigenvalue weighted by atomic mass is 19.4. The summed E-state index contributed by atoms with van der Waals surface area (Å²) in [4.78, 5) is 22.2. The van der Waals surface area contributed by atoms with Gasteiger partial charge in [0.1, 0.15) is 17.3 Å². The van der Waals surface area contributed by atoms with Crippen molar-refractivity contribution in [2.45, 2.75) is 26.6 Å². The van der Waals surface area contributed by atoms with Crippen molar-refractivity contribution in [2.24, 2.45) is 0 Å². The summed E-state index contributed by atoms with van der Waals surface area (Å²) in [5, 5.41) is 4.40. The van der Waals surface area contributed by atoms with Crippen molar-refractivity contribution >= 4 is 5.65 Å². The van der Waals surface area contributed by atoms with Crippen molar-refractivity contribution in [3.8, 4) is 22.8 Å². The van der Waals surface area contributed by atoms with Gasteiger partial charge in [-0.05, 0) is 38.1 Å². The standard InChI is InChI=1S/C24H18F3N5O2/c1-14-12-20-30-31(13-19-15(2)34-22(29-19)17-6-4-3-5-7-17)23(33)32(20)21(28-14)16-8-10-18(11-9-16)24(25,26)27/h3-12H,13H2,1-2H3. The summed E-state index contributed by atoms with van der Waals surface area (Å²) in [7, 11) is 0. The number of fused-ring (bicyclic) bond motifs is 1. The summed E-state index contributed by atoms with van der Waals surface area (Å²) in [6.07, 6.45) is -4.45. The molecular formula is C24H18F3N5O2. The molecule has 0 saturated heterocycles. The molecule has 0 amide bonds. The first kappa shape index (κ1) is 21.6. The fourth-order valence-electron chi connectivity index (χ4n) is 3.68. The molecule has 0 aliphatic rings. The average Bonchev–Trinajstić information content (AvgIpc) is 3.33. The van der Waals surface area contributed by atoms with Gasteiger partial charge in [-0.15, -0.1) is 5.10 Å². The second-order valence-electron chi connectivity index (χ2n) is 7.82. The van der Waals surface area contributed by atoms with Gasteiger partial charge >= 0.3 is 11.9 Å². The Bertz CT molecular complexity index is 1550. The zero-order valence-electron chi connectivity index (χ0n) is 18.2. The normalized spacial score (nSPS) is 11.9. The van der Waals surface area contributed by atoms with Crippen molar-refractivity contribution < 1.29 is 17.6 Å². The van der Waals surface area contributed by atoms with E-state index in [1.54, 1.807) is 19.9 Å². The molecule has 0 aliphatic heterocycles. The third-order valence-corrected chi connectivity index (χ3v) is 5.38. The largest absolute Gasteiger partial charge is 0.441 e. The van der Waals surface area contributed by atoms with Crippen LogP contribution in [0.25, 0.3) is 28.5 Å². The number of halogens is 3. The lowest BCUT2D eigenvalue weighted by Crippen LogP contribution is -2.23. The van der Waals surface area contributed by atoms with Gasteiger partial charge in [0, 0.05) is 22.9 Å². The van der Waals surface area contributed by atoms with Gasteiger partial charge in [-0.3, -0.25) is 0 Å². The molecule has 3 heterocycles. The maximum absolute atomic E-state index is 13.2. The summed E-state index contributed by atoms with van der Waals surface area (Å²) in [5.74, 6) is 1.20.